The van der Waals surface area contributed by atoms with Crippen LogP contribution in [0.25, 0.3) is 0 Å². The number of rotatable bonds is 3. The van der Waals surface area contributed by atoms with Crippen molar-refractivity contribution in [3.05, 3.63) is 57.6 Å². The largest absolute Gasteiger partial charge is 0.389 e. The van der Waals surface area contributed by atoms with Gasteiger partial charge in [-0.25, -0.2) is 0 Å². The highest BCUT2D eigenvalue weighted by Crippen LogP contribution is 2.31. The van der Waals surface area contributed by atoms with Crippen LogP contribution >= 0.6 is 35.4 Å². The van der Waals surface area contributed by atoms with Crippen molar-refractivity contribution in [3.8, 4) is 0 Å². The number of benzene rings is 2. The molecule has 3 N–H and O–H groups in total. The van der Waals surface area contributed by atoms with Crippen LogP contribution in [0, 0.1) is 6.92 Å². The average Bonchev–Trinajstić information content (AvgIpc) is 2.33. The minimum atomic E-state index is 0.309. The van der Waals surface area contributed by atoms with Crippen molar-refractivity contribution in [2.45, 2.75) is 6.92 Å². The molecular weight excluding hydrogens is 299 g/mol. The molecule has 19 heavy (non-hydrogen) atoms. The maximum Gasteiger partial charge on any atom is 0.106 e. The summed E-state index contributed by atoms with van der Waals surface area (Å²) in [7, 11) is 0. The average molecular weight is 311 g/mol. The Morgan fingerprint density at radius 3 is 2.58 bits per heavy atom. The van der Waals surface area contributed by atoms with Gasteiger partial charge in [0.2, 0.25) is 0 Å². The van der Waals surface area contributed by atoms with Crippen LogP contribution in [0.3, 0.4) is 0 Å². The molecule has 0 aliphatic carbocycles. The van der Waals surface area contributed by atoms with Crippen molar-refractivity contribution in [1.82, 2.24) is 0 Å². The molecule has 2 rings (SSSR count). The van der Waals surface area contributed by atoms with Gasteiger partial charge in [-0.1, -0.05) is 47.6 Å². The molecule has 0 saturated heterocycles. The molecule has 98 valence electrons. The zero-order valence-corrected chi connectivity index (χ0v) is 12.5. The highest BCUT2D eigenvalue weighted by Gasteiger charge is 2.09. The minimum absolute atomic E-state index is 0.309. The molecule has 5 heteroatoms. The van der Waals surface area contributed by atoms with E-state index < -0.39 is 0 Å². The first-order valence-corrected chi connectivity index (χ1v) is 6.77. The first-order chi connectivity index (χ1) is 8.99. The van der Waals surface area contributed by atoms with Crippen molar-refractivity contribution >= 4 is 51.8 Å². The van der Waals surface area contributed by atoms with Crippen molar-refractivity contribution in [2.75, 3.05) is 5.32 Å². The van der Waals surface area contributed by atoms with Crippen LogP contribution in [0.15, 0.2) is 36.4 Å². The van der Waals surface area contributed by atoms with Gasteiger partial charge in [0.25, 0.3) is 0 Å². The molecule has 0 bridgehead atoms. The van der Waals surface area contributed by atoms with E-state index >= 15 is 0 Å². The maximum atomic E-state index is 6.19. The Hall–Kier alpha value is -1.29. The molecule has 0 atom stereocenters. The molecule has 0 aliphatic heterocycles. The number of anilines is 2. The molecule has 0 radical (unpaired) electrons. The van der Waals surface area contributed by atoms with Gasteiger partial charge in [-0.05, 0) is 36.8 Å². The van der Waals surface area contributed by atoms with Gasteiger partial charge in [-0.2, -0.15) is 0 Å². The van der Waals surface area contributed by atoms with Crippen molar-refractivity contribution in [1.29, 1.82) is 0 Å². The normalized spacial score (nSPS) is 10.3. The number of para-hydroxylation sites is 1. The quantitative estimate of drug-likeness (QED) is 0.808. The second-order valence-corrected chi connectivity index (χ2v) is 5.39. The van der Waals surface area contributed by atoms with Crippen LogP contribution in [0.4, 0.5) is 11.4 Å². The van der Waals surface area contributed by atoms with Gasteiger partial charge in [0.1, 0.15) is 4.99 Å². The molecule has 0 spiro atoms. The predicted molar refractivity (Wildman–Crippen MR) is 86.8 cm³/mol. The van der Waals surface area contributed by atoms with E-state index in [4.69, 9.17) is 41.2 Å². The number of nitrogens with two attached hydrogens (primary N) is 1. The summed E-state index contributed by atoms with van der Waals surface area (Å²) in [6.45, 7) is 1.97. The van der Waals surface area contributed by atoms with Crippen LogP contribution < -0.4 is 11.1 Å². The standard InChI is InChI=1S/C14H12Cl2N2S/c1-8-3-2-4-11(16)13(8)18-12-7-9(15)5-6-10(12)14(17)19/h2-7,18H,1H3,(H2,17,19). The molecule has 2 nitrogen and oxygen atoms in total. The molecule has 0 aliphatic rings. The second kappa shape index (κ2) is 5.78. The summed E-state index contributed by atoms with van der Waals surface area (Å²) in [5.41, 5.74) is 9.04. The molecule has 2 aromatic rings. The molecule has 0 aromatic heterocycles. The Morgan fingerprint density at radius 1 is 1.21 bits per heavy atom. The van der Waals surface area contributed by atoms with Crippen molar-refractivity contribution in [3.63, 3.8) is 0 Å². The second-order valence-electron chi connectivity index (χ2n) is 4.11. The molecule has 0 heterocycles. The Labute approximate surface area is 127 Å². The third-order valence-electron chi connectivity index (χ3n) is 2.73. The zero-order chi connectivity index (χ0) is 14.0. The Bertz CT molecular complexity index is 621. The Morgan fingerprint density at radius 2 is 1.95 bits per heavy atom. The molecule has 0 unspecified atom stereocenters. The highest BCUT2D eigenvalue weighted by atomic mass is 35.5. The van der Waals surface area contributed by atoms with E-state index in [2.05, 4.69) is 5.32 Å². The number of nitrogens with one attached hydrogen (secondary N) is 1. The number of halogens is 2. The topological polar surface area (TPSA) is 38.0 Å². The van der Waals surface area contributed by atoms with Gasteiger partial charge in [-0.3, -0.25) is 0 Å². The number of hydrogen-bond acceptors (Lipinski definition) is 2. The van der Waals surface area contributed by atoms with Gasteiger partial charge in [0.15, 0.2) is 0 Å². The van der Waals surface area contributed by atoms with E-state index in [0.29, 0.717) is 15.0 Å². The van der Waals surface area contributed by atoms with Crippen molar-refractivity contribution < 1.29 is 0 Å². The Kier molecular flexibility index (Phi) is 4.30. The summed E-state index contributed by atoms with van der Waals surface area (Å²) in [5.74, 6) is 0. The summed E-state index contributed by atoms with van der Waals surface area (Å²) in [6, 6.07) is 11.0. The summed E-state index contributed by atoms with van der Waals surface area (Å²) < 4.78 is 0. The fourth-order valence-corrected chi connectivity index (χ4v) is 2.38. The Balaban J connectivity index is 2.49. The lowest BCUT2D eigenvalue weighted by atomic mass is 10.1. The number of hydrogen-bond donors (Lipinski definition) is 2. The lowest BCUT2D eigenvalue weighted by molar-refractivity contribution is 1.42. The third kappa shape index (κ3) is 3.18. The van der Waals surface area contributed by atoms with E-state index in [9.17, 15) is 0 Å². The summed E-state index contributed by atoms with van der Waals surface area (Å²) in [6.07, 6.45) is 0. The molecule has 0 saturated carbocycles. The first-order valence-electron chi connectivity index (χ1n) is 5.60. The van der Waals surface area contributed by atoms with E-state index in [1.54, 1.807) is 18.2 Å². The van der Waals surface area contributed by atoms with Gasteiger partial charge < -0.3 is 11.1 Å². The lowest BCUT2D eigenvalue weighted by Crippen LogP contribution is -2.12. The van der Waals surface area contributed by atoms with Crippen LogP contribution in [0.2, 0.25) is 10.0 Å². The fourth-order valence-electron chi connectivity index (χ4n) is 1.76. The van der Waals surface area contributed by atoms with E-state index in [-0.39, 0.29) is 0 Å². The van der Waals surface area contributed by atoms with Gasteiger partial charge in [0.05, 0.1) is 16.4 Å². The smallest absolute Gasteiger partial charge is 0.106 e. The third-order valence-corrected chi connectivity index (χ3v) is 3.50. The summed E-state index contributed by atoms with van der Waals surface area (Å²) in [4.78, 5) is 0.309. The molecular formula is C14H12Cl2N2S. The van der Waals surface area contributed by atoms with E-state index in [0.717, 1.165) is 22.5 Å². The highest BCUT2D eigenvalue weighted by molar-refractivity contribution is 7.80. The monoisotopic (exact) mass is 310 g/mol. The zero-order valence-electron chi connectivity index (χ0n) is 10.2. The number of aryl methyl sites for hydroxylation is 1. The summed E-state index contributed by atoms with van der Waals surface area (Å²) in [5, 5.41) is 4.48. The maximum absolute atomic E-state index is 6.19. The number of thiocarbonyl (C=S) groups is 1. The van der Waals surface area contributed by atoms with Crippen LogP contribution in [0.1, 0.15) is 11.1 Å². The SMILES string of the molecule is Cc1cccc(Cl)c1Nc1cc(Cl)ccc1C(N)=S. The van der Waals surface area contributed by atoms with E-state index in [1.165, 1.54) is 0 Å². The fraction of sp³-hybridized carbons (Fsp3) is 0.0714. The molecule has 0 fully saturated rings. The minimum Gasteiger partial charge on any atom is -0.389 e. The lowest BCUT2D eigenvalue weighted by Gasteiger charge is -2.15. The predicted octanol–water partition coefficient (Wildman–Crippen LogP) is 4.68. The van der Waals surface area contributed by atoms with Crippen molar-refractivity contribution in [2.24, 2.45) is 5.73 Å². The van der Waals surface area contributed by atoms with Crippen LogP contribution in [-0.2, 0) is 0 Å². The van der Waals surface area contributed by atoms with Gasteiger partial charge >= 0.3 is 0 Å². The van der Waals surface area contributed by atoms with Crippen LogP contribution in [-0.4, -0.2) is 4.99 Å². The molecule has 2 aromatic carbocycles. The molecule has 0 amide bonds. The van der Waals surface area contributed by atoms with Gasteiger partial charge in [0, 0.05) is 10.6 Å². The van der Waals surface area contributed by atoms with E-state index in [1.807, 2.05) is 25.1 Å². The van der Waals surface area contributed by atoms with Gasteiger partial charge in [-0.15, -0.1) is 0 Å². The summed E-state index contributed by atoms with van der Waals surface area (Å²) >= 11 is 17.2. The first kappa shape index (κ1) is 14.1. The van der Waals surface area contributed by atoms with Crippen LogP contribution in [0.5, 0.6) is 0 Å².